The molecule has 2 aromatic rings. The van der Waals surface area contributed by atoms with Crippen molar-refractivity contribution in [2.45, 2.75) is 24.7 Å². The molecule has 8 nitrogen and oxygen atoms in total. The van der Waals surface area contributed by atoms with Gasteiger partial charge in [0.2, 0.25) is 0 Å². The van der Waals surface area contributed by atoms with Crippen LogP contribution in [-0.2, 0) is 4.79 Å². The van der Waals surface area contributed by atoms with Crippen LogP contribution < -0.4 is 16.2 Å². The van der Waals surface area contributed by atoms with Crippen molar-refractivity contribution in [3.63, 3.8) is 0 Å². The Balaban J connectivity index is 1.63. The van der Waals surface area contributed by atoms with E-state index in [9.17, 15) is 24.4 Å². The molecule has 0 radical (unpaired) electrons. The van der Waals surface area contributed by atoms with Crippen molar-refractivity contribution in [3.8, 4) is 0 Å². The number of nitrogens with zero attached hydrogens (tertiary/aromatic N) is 1. The summed E-state index contributed by atoms with van der Waals surface area (Å²) in [5, 5.41) is 24.3. The average Bonchev–Trinajstić information content (AvgIpc) is 3.11. The Kier molecular flexibility index (Phi) is 4.80. The first-order valence-corrected chi connectivity index (χ1v) is 8.94. The van der Waals surface area contributed by atoms with Crippen LogP contribution in [0.3, 0.4) is 0 Å². The summed E-state index contributed by atoms with van der Waals surface area (Å²) >= 11 is 0. The molecule has 4 rings (SSSR count). The van der Waals surface area contributed by atoms with E-state index in [1.54, 1.807) is 24.3 Å². The third-order valence-electron chi connectivity index (χ3n) is 5.53. The van der Waals surface area contributed by atoms with Crippen LogP contribution in [0.25, 0.3) is 0 Å². The molecule has 0 amide bonds. The van der Waals surface area contributed by atoms with Crippen molar-refractivity contribution in [1.82, 2.24) is 16.2 Å². The molecule has 9 heteroatoms. The lowest BCUT2D eigenvalue weighted by molar-refractivity contribution is -0.384. The Hall–Kier alpha value is -2.88. The molecule has 146 valence electrons. The lowest BCUT2D eigenvalue weighted by Gasteiger charge is -2.39. The molecule has 2 heterocycles. The van der Waals surface area contributed by atoms with Crippen molar-refractivity contribution >= 4 is 11.7 Å². The zero-order chi connectivity index (χ0) is 19.8. The molecule has 0 aliphatic carbocycles. The number of piperidine rings is 1. The summed E-state index contributed by atoms with van der Waals surface area (Å²) in [5.74, 6) is -2.31. The van der Waals surface area contributed by atoms with Crippen LogP contribution in [0.5, 0.6) is 0 Å². The van der Waals surface area contributed by atoms with Gasteiger partial charge in [-0.2, -0.15) is 0 Å². The standard InChI is InChI=1S/C19H19FN4O4/c20-12-6-4-10(5-7-12)15-9-14(19(25)26)16-17(22-23-18(16)21-15)11-2-1-3-13(8-11)24(27)28/h1-8,14-18,21-23H,9H2,(H,25,26). The highest BCUT2D eigenvalue weighted by Gasteiger charge is 2.49. The third-order valence-corrected chi connectivity index (χ3v) is 5.53. The van der Waals surface area contributed by atoms with Gasteiger partial charge < -0.3 is 5.11 Å². The first-order chi connectivity index (χ1) is 13.4. The summed E-state index contributed by atoms with van der Waals surface area (Å²) in [6, 6.07) is 11.6. The fraction of sp³-hybridized carbons (Fsp3) is 0.316. The van der Waals surface area contributed by atoms with Gasteiger partial charge in [-0.05, 0) is 29.7 Å². The van der Waals surface area contributed by atoms with E-state index in [4.69, 9.17) is 0 Å². The SMILES string of the molecule is O=C(O)C1CC(c2ccc(F)cc2)NC2NNC(c3cccc([N+](=O)[O-])c3)C21. The third kappa shape index (κ3) is 3.35. The minimum Gasteiger partial charge on any atom is -0.481 e. The predicted molar refractivity (Wildman–Crippen MR) is 97.4 cm³/mol. The van der Waals surface area contributed by atoms with E-state index in [-0.39, 0.29) is 29.6 Å². The Morgan fingerprint density at radius 3 is 2.57 bits per heavy atom. The van der Waals surface area contributed by atoms with Gasteiger partial charge in [-0.25, -0.2) is 15.2 Å². The van der Waals surface area contributed by atoms with Crippen LogP contribution in [0.4, 0.5) is 10.1 Å². The van der Waals surface area contributed by atoms with Gasteiger partial charge in [0, 0.05) is 24.1 Å². The molecule has 0 aromatic heterocycles. The molecular weight excluding hydrogens is 367 g/mol. The molecule has 0 bridgehead atoms. The molecule has 2 aliphatic rings. The zero-order valence-corrected chi connectivity index (χ0v) is 14.7. The number of non-ortho nitro benzene ring substituents is 1. The minimum absolute atomic E-state index is 0.0393. The monoisotopic (exact) mass is 386 g/mol. The van der Waals surface area contributed by atoms with Gasteiger partial charge in [0.05, 0.1) is 23.0 Å². The van der Waals surface area contributed by atoms with Gasteiger partial charge in [0.25, 0.3) is 5.69 Å². The summed E-state index contributed by atoms with van der Waals surface area (Å²) in [7, 11) is 0. The fourth-order valence-corrected chi connectivity index (χ4v) is 4.21. The van der Waals surface area contributed by atoms with E-state index in [0.717, 1.165) is 5.56 Å². The number of hydrogen-bond donors (Lipinski definition) is 4. The molecule has 2 saturated heterocycles. The number of fused-ring (bicyclic) bond motifs is 1. The first kappa shape index (κ1) is 18.5. The van der Waals surface area contributed by atoms with Crippen molar-refractivity contribution in [3.05, 3.63) is 75.6 Å². The number of carbonyl (C=O) groups is 1. The topological polar surface area (TPSA) is 117 Å². The average molecular weight is 386 g/mol. The molecule has 5 unspecified atom stereocenters. The number of rotatable bonds is 4. The Morgan fingerprint density at radius 1 is 1.14 bits per heavy atom. The maximum atomic E-state index is 13.2. The quantitative estimate of drug-likeness (QED) is 0.470. The molecule has 2 aromatic carbocycles. The van der Waals surface area contributed by atoms with Crippen LogP contribution in [-0.4, -0.2) is 22.2 Å². The molecule has 0 saturated carbocycles. The highest BCUT2D eigenvalue weighted by molar-refractivity contribution is 5.71. The second kappa shape index (κ2) is 7.27. The van der Waals surface area contributed by atoms with Crippen molar-refractivity contribution < 1.29 is 19.2 Å². The minimum atomic E-state index is -0.926. The number of halogens is 1. The van der Waals surface area contributed by atoms with Crippen LogP contribution in [0.1, 0.15) is 29.6 Å². The molecule has 28 heavy (non-hydrogen) atoms. The number of hydrogen-bond acceptors (Lipinski definition) is 6. The molecule has 5 atom stereocenters. The fourth-order valence-electron chi connectivity index (χ4n) is 4.21. The number of hydrazine groups is 1. The summed E-state index contributed by atoms with van der Waals surface area (Å²) in [4.78, 5) is 22.6. The lowest BCUT2D eigenvalue weighted by Crippen LogP contribution is -2.53. The molecule has 2 aliphatic heterocycles. The molecule has 4 N–H and O–H groups in total. The Bertz CT molecular complexity index is 907. The van der Waals surface area contributed by atoms with E-state index >= 15 is 0 Å². The summed E-state index contributed by atoms with van der Waals surface area (Å²) in [5.41, 5.74) is 7.60. The molecule has 2 fully saturated rings. The van der Waals surface area contributed by atoms with E-state index in [1.165, 1.54) is 24.3 Å². The first-order valence-electron chi connectivity index (χ1n) is 8.94. The summed E-state index contributed by atoms with van der Waals surface area (Å²) in [6.45, 7) is 0. The van der Waals surface area contributed by atoms with E-state index in [1.807, 2.05) is 0 Å². The van der Waals surface area contributed by atoms with Gasteiger partial charge in [0.1, 0.15) is 5.82 Å². The van der Waals surface area contributed by atoms with Crippen molar-refractivity contribution in [1.29, 1.82) is 0 Å². The summed E-state index contributed by atoms with van der Waals surface area (Å²) < 4.78 is 13.2. The Labute approximate surface area is 159 Å². The number of aliphatic carboxylic acids is 1. The number of carboxylic acids is 1. The highest BCUT2D eigenvalue weighted by atomic mass is 19.1. The number of nitro benzene ring substituents is 1. The van der Waals surface area contributed by atoms with Gasteiger partial charge in [-0.3, -0.25) is 20.2 Å². The van der Waals surface area contributed by atoms with Crippen LogP contribution in [0.2, 0.25) is 0 Å². The largest absolute Gasteiger partial charge is 0.481 e. The number of benzene rings is 2. The maximum Gasteiger partial charge on any atom is 0.307 e. The normalized spacial score (nSPS) is 29.2. The van der Waals surface area contributed by atoms with E-state index in [2.05, 4.69) is 16.2 Å². The summed E-state index contributed by atoms with van der Waals surface area (Å²) in [6.07, 6.45) is -0.0223. The van der Waals surface area contributed by atoms with Crippen molar-refractivity contribution in [2.75, 3.05) is 0 Å². The predicted octanol–water partition coefficient (Wildman–Crippen LogP) is 2.26. The number of carboxylic acid groups (broad SMARTS) is 1. The van der Waals surface area contributed by atoms with Gasteiger partial charge >= 0.3 is 5.97 Å². The van der Waals surface area contributed by atoms with Crippen LogP contribution in [0.15, 0.2) is 48.5 Å². The second-order valence-electron chi connectivity index (χ2n) is 7.12. The Morgan fingerprint density at radius 2 is 1.89 bits per heavy atom. The van der Waals surface area contributed by atoms with E-state index < -0.39 is 22.9 Å². The maximum absolute atomic E-state index is 13.2. The van der Waals surface area contributed by atoms with Gasteiger partial charge in [0.15, 0.2) is 0 Å². The lowest BCUT2D eigenvalue weighted by atomic mass is 9.75. The van der Waals surface area contributed by atoms with Gasteiger partial charge in [-0.1, -0.05) is 24.3 Å². The van der Waals surface area contributed by atoms with Crippen molar-refractivity contribution in [2.24, 2.45) is 11.8 Å². The number of nitrogens with one attached hydrogen (secondary N) is 3. The highest BCUT2D eigenvalue weighted by Crippen LogP contribution is 2.42. The second-order valence-corrected chi connectivity index (χ2v) is 7.12. The van der Waals surface area contributed by atoms with Crippen LogP contribution >= 0.6 is 0 Å². The number of nitro groups is 1. The van der Waals surface area contributed by atoms with Gasteiger partial charge in [-0.15, -0.1) is 0 Å². The van der Waals surface area contributed by atoms with Crippen LogP contribution in [0, 0.1) is 27.8 Å². The zero-order valence-electron chi connectivity index (χ0n) is 14.7. The smallest absolute Gasteiger partial charge is 0.307 e. The van der Waals surface area contributed by atoms with E-state index in [0.29, 0.717) is 12.0 Å². The molecular formula is C19H19FN4O4. The molecule has 0 spiro atoms.